The van der Waals surface area contributed by atoms with E-state index in [-0.39, 0.29) is 11.9 Å². The second kappa shape index (κ2) is 4.45. The minimum absolute atomic E-state index is 0.0281. The molecular weight excluding hydrogens is 242 g/mol. The number of nitrogen functional groups attached to an aromatic ring is 1. The highest BCUT2D eigenvalue weighted by Gasteiger charge is 2.41. The zero-order valence-corrected chi connectivity index (χ0v) is 11.3. The van der Waals surface area contributed by atoms with Gasteiger partial charge in [-0.3, -0.25) is 4.79 Å². The number of likely N-dealkylation sites (tertiary alicyclic amines) is 2. The molecule has 6 heteroatoms. The fourth-order valence-corrected chi connectivity index (χ4v) is 3.20. The molecule has 0 aromatic carbocycles. The van der Waals surface area contributed by atoms with E-state index < -0.39 is 0 Å². The van der Waals surface area contributed by atoms with Crippen LogP contribution in [0, 0.1) is 12.8 Å². The summed E-state index contributed by atoms with van der Waals surface area (Å²) in [6.45, 7) is 4.59. The molecule has 1 aromatic heterocycles. The largest absolute Gasteiger partial charge is 0.368 e. The number of hydrogen-bond donors (Lipinski definition) is 1. The Morgan fingerprint density at radius 2 is 2.26 bits per heavy atom. The minimum atomic E-state index is 0.0281. The highest BCUT2D eigenvalue weighted by atomic mass is 16.2. The molecule has 0 radical (unpaired) electrons. The summed E-state index contributed by atoms with van der Waals surface area (Å²) >= 11 is 0. The molecule has 3 rings (SSSR count). The average Bonchev–Trinajstić information content (AvgIpc) is 2.91. The predicted octanol–water partition coefficient (Wildman–Crippen LogP) is 0.143. The summed E-state index contributed by atoms with van der Waals surface area (Å²) in [5.74, 6) is 0.858. The maximum atomic E-state index is 12.5. The van der Waals surface area contributed by atoms with Gasteiger partial charge in [-0.1, -0.05) is 0 Å². The molecule has 0 saturated carbocycles. The Hall–Kier alpha value is -1.69. The van der Waals surface area contributed by atoms with Crippen molar-refractivity contribution in [2.75, 3.05) is 32.4 Å². The number of rotatable bonds is 1. The lowest BCUT2D eigenvalue weighted by Crippen LogP contribution is -2.35. The lowest BCUT2D eigenvalue weighted by atomic mass is 10.1. The van der Waals surface area contributed by atoms with Crippen molar-refractivity contribution in [3.05, 3.63) is 17.5 Å². The quantitative estimate of drug-likeness (QED) is 0.778. The predicted molar refractivity (Wildman–Crippen MR) is 71.6 cm³/mol. The highest BCUT2D eigenvalue weighted by Crippen LogP contribution is 2.31. The molecule has 2 saturated heterocycles. The first-order valence-corrected chi connectivity index (χ1v) is 6.65. The molecule has 19 heavy (non-hydrogen) atoms. The van der Waals surface area contributed by atoms with Gasteiger partial charge in [0.25, 0.3) is 5.91 Å². The fourth-order valence-electron chi connectivity index (χ4n) is 3.20. The molecule has 1 aromatic rings. The number of amides is 1. The summed E-state index contributed by atoms with van der Waals surface area (Å²) < 4.78 is 0. The number of carbonyl (C=O) groups excluding carboxylic acids is 1. The first-order chi connectivity index (χ1) is 9.06. The van der Waals surface area contributed by atoms with Gasteiger partial charge in [0.2, 0.25) is 5.95 Å². The van der Waals surface area contributed by atoms with Crippen LogP contribution < -0.4 is 5.73 Å². The number of aromatic nitrogens is 2. The van der Waals surface area contributed by atoms with Gasteiger partial charge in [-0.05, 0) is 32.9 Å². The van der Waals surface area contributed by atoms with Gasteiger partial charge in [-0.2, -0.15) is 0 Å². The molecule has 0 spiro atoms. The van der Waals surface area contributed by atoms with Crippen LogP contribution in [0.1, 0.15) is 22.5 Å². The van der Waals surface area contributed by atoms with Crippen molar-refractivity contribution in [1.29, 1.82) is 0 Å². The van der Waals surface area contributed by atoms with Crippen LogP contribution in [0.15, 0.2) is 6.20 Å². The van der Waals surface area contributed by atoms with Crippen LogP contribution in [-0.4, -0.2) is 58.4 Å². The Kier molecular flexibility index (Phi) is 2.89. The van der Waals surface area contributed by atoms with Gasteiger partial charge >= 0.3 is 0 Å². The first-order valence-electron chi connectivity index (χ1n) is 6.65. The number of anilines is 1. The molecule has 0 aliphatic carbocycles. The summed E-state index contributed by atoms with van der Waals surface area (Å²) in [4.78, 5) is 24.8. The van der Waals surface area contributed by atoms with Crippen LogP contribution in [0.2, 0.25) is 0 Å². The van der Waals surface area contributed by atoms with E-state index in [1.807, 2.05) is 4.90 Å². The molecule has 3 heterocycles. The Morgan fingerprint density at radius 1 is 1.47 bits per heavy atom. The number of nitrogens with zero attached hydrogens (tertiary/aromatic N) is 4. The molecule has 0 unspecified atom stereocenters. The van der Waals surface area contributed by atoms with Crippen molar-refractivity contribution in [3.63, 3.8) is 0 Å². The van der Waals surface area contributed by atoms with E-state index in [1.165, 1.54) is 12.6 Å². The third-order valence-corrected chi connectivity index (χ3v) is 4.34. The van der Waals surface area contributed by atoms with Gasteiger partial charge in [0.15, 0.2) is 0 Å². The average molecular weight is 261 g/mol. The van der Waals surface area contributed by atoms with E-state index in [0.717, 1.165) is 19.6 Å². The standard InChI is InChI=1S/C13H19N5O/c1-8-10(5-15-13(14)16-8)12(19)18-6-9-3-4-17(2)11(9)7-18/h5,9,11H,3-4,6-7H2,1-2H3,(H2,14,15,16)/t9-,11+/m1/s1. The molecule has 2 atom stereocenters. The molecule has 1 amide bonds. The smallest absolute Gasteiger partial charge is 0.257 e. The molecular formula is C13H19N5O. The van der Waals surface area contributed by atoms with E-state index >= 15 is 0 Å². The summed E-state index contributed by atoms with van der Waals surface area (Å²) in [6, 6.07) is 0.513. The summed E-state index contributed by atoms with van der Waals surface area (Å²) in [7, 11) is 2.14. The maximum absolute atomic E-state index is 12.5. The highest BCUT2D eigenvalue weighted by molar-refractivity contribution is 5.95. The summed E-state index contributed by atoms with van der Waals surface area (Å²) in [6.07, 6.45) is 2.72. The normalized spacial score (nSPS) is 26.7. The van der Waals surface area contributed by atoms with Gasteiger partial charge in [-0.25, -0.2) is 9.97 Å². The van der Waals surface area contributed by atoms with Gasteiger partial charge in [0, 0.05) is 25.3 Å². The number of nitrogens with two attached hydrogens (primary N) is 1. The van der Waals surface area contributed by atoms with Gasteiger partial charge in [0.1, 0.15) is 0 Å². The summed E-state index contributed by atoms with van der Waals surface area (Å²) in [5.41, 5.74) is 6.74. The zero-order chi connectivity index (χ0) is 13.6. The van der Waals surface area contributed by atoms with E-state index in [9.17, 15) is 4.79 Å². The topological polar surface area (TPSA) is 75.3 Å². The number of aryl methyl sites for hydroxylation is 1. The monoisotopic (exact) mass is 261 g/mol. The van der Waals surface area contributed by atoms with Crippen LogP contribution in [0.25, 0.3) is 0 Å². The number of fused-ring (bicyclic) bond motifs is 1. The van der Waals surface area contributed by atoms with Crippen LogP contribution >= 0.6 is 0 Å². The number of hydrogen-bond acceptors (Lipinski definition) is 5. The summed E-state index contributed by atoms with van der Waals surface area (Å²) in [5, 5.41) is 0. The Morgan fingerprint density at radius 3 is 2.95 bits per heavy atom. The second-order valence-electron chi connectivity index (χ2n) is 5.53. The van der Waals surface area contributed by atoms with Crippen molar-refractivity contribution < 1.29 is 4.79 Å². The Labute approximate surface area is 112 Å². The van der Waals surface area contributed by atoms with Crippen molar-refractivity contribution in [2.45, 2.75) is 19.4 Å². The Balaban J connectivity index is 1.78. The number of likely N-dealkylation sites (N-methyl/N-ethyl adjacent to an activating group) is 1. The molecule has 6 nitrogen and oxygen atoms in total. The maximum Gasteiger partial charge on any atom is 0.257 e. The molecule has 2 fully saturated rings. The second-order valence-corrected chi connectivity index (χ2v) is 5.53. The first kappa shape index (κ1) is 12.3. The van der Waals surface area contributed by atoms with Crippen molar-refractivity contribution >= 4 is 11.9 Å². The lowest BCUT2D eigenvalue weighted by molar-refractivity contribution is 0.0773. The van der Waals surface area contributed by atoms with E-state index in [4.69, 9.17) is 5.73 Å². The third kappa shape index (κ3) is 2.06. The van der Waals surface area contributed by atoms with Gasteiger partial charge < -0.3 is 15.5 Å². The molecule has 102 valence electrons. The van der Waals surface area contributed by atoms with Crippen LogP contribution in [-0.2, 0) is 0 Å². The van der Waals surface area contributed by atoms with Crippen LogP contribution in [0.3, 0.4) is 0 Å². The van der Waals surface area contributed by atoms with Crippen molar-refractivity contribution in [3.8, 4) is 0 Å². The van der Waals surface area contributed by atoms with Crippen LogP contribution in [0.5, 0.6) is 0 Å². The van der Waals surface area contributed by atoms with Gasteiger partial charge in [0.05, 0.1) is 11.3 Å². The number of carbonyl (C=O) groups is 1. The zero-order valence-electron chi connectivity index (χ0n) is 11.3. The fraction of sp³-hybridized carbons (Fsp3) is 0.615. The van der Waals surface area contributed by atoms with Crippen LogP contribution in [0.4, 0.5) is 5.95 Å². The molecule has 2 aliphatic heterocycles. The van der Waals surface area contributed by atoms with Crippen molar-refractivity contribution in [1.82, 2.24) is 19.8 Å². The van der Waals surface area contributed by atoms with E-state index in [0.29, 0.717) is 23.2 Å². The third-order valence-electron chi connectivity index (χ3n) is 4.34. The SMILES string of the molecule is Cc1nc(N)ncc1C(=O)N1C[C@H]2CCN(C)[C@H]2C1. The van der Waals surface area contributed by atoms with E-state index in [1.54, 1.807) is 6.92 Å². The van der Waals surface area contributed by atoms with E-state index in [2.05, 4.69) is 21.9 Å². The Bertz CT molecular complexity index is 518. The van der Waals surface area contributed by atoms with Crippen molar-refractivity contribution in [2.24, 2.45) is 5.92 Å². The lowest BCUT2D eigenvalue weighted by Gasteiger charge is -2.21. The molecule has 2 N–H and O–H groups in total. The molecule has 2 aliphatic rings. The van der Waals surface area contributed by atoms with Gasteiger partial charge in [-0.15, -0.1) is 0 Å². The minimum Gasteiger partial charge on any atom is -0.368 e. The molecule has 0 bridgehead atoms.